The van der Waals surface area contributed by atoms with Crippen LogP contribution in [0.3, 0.4) is 0 Å². The van der Waals surface area contributed by atoms with Gasteiger partial charge in [-0.05, 0) is 58.9 Å². The van der Waals surface area contributed by atoms with Crippen LogP contribution in [0.2, 0.25) is 0 Å². The van der Waals surface area contributed by atoms with Gasteiger partial charge in [0.05, 0.1) is 18.0 Å². The Bertz CT molecular complexity index is 613. The first-order valence-corrected chi connectivity index (χ1v) is 9.92. The van der Waals surface area contributed by atoms with Gasteiger partial charge in [-0.15, -0.1) is 11.3 Å². The van der Waals surface area contributed by atoms with Crippen LogP contribution in [0.25, 0.3) is 0 Å². The second-order valence-electron chi connectivity index (χ2n) is 4.18. The van der Waals surface area contributed by atoms with Gasteiger partial charge in [0.15, 0.2) is 11.5 Å². The summed E-state index contributed by atoms with van der Waals surface area (Å²) >= 11 is 12.7. The van der Waals surface area contributed by atoms with Crippen molar-refractivity contribution in [2.24, 2.45) is 0 Å². The molecule has 2 nitrogen and oxygen atoms in total. The predicted molar refractivity (Wildman–Crippen MR) is 99.3 cm³/mol. The summed E-state index contributed by atoms with van der Waals surface area (Å²) in [6.45, 7) is 5.16. The first kappa shape index (κ1) is 17.3. The van der Waals surface area contributed by atoms with E-state index in [0.717, 1.165) is 26.0 Å². The lowest BCUT2D eigenvalue weighted by molar-refractivity contribution is 0.287. The molecule has 0 radical (unpaired) electrons. The van der Waals surface area contributed by atoms with Crippen LogP contribution in [-0.4, -0.2) is 13.2 Å². The summed E-state index contributed by atoms with van der Waals surface area (Å²) in [5.41, 5.74) is 1.12. The molecule has 114 valence electrons. The van der Waals surface area contributed by atoms with Gasteiger partial charge in [0.2, 0.25) is 0 Å². The smallest absolute Gasteiger partial charge is 0.162 e. The second-order valence-corrected chi connectivity index (χ2v) is 7.75. The van der Waals surface area contributed by atoms with Gasteiger partial charge < -0.3 is 9.47 Å². The first-order chi connectivity index (χ1) is 10.1. The molecule has 1 aromatic heterocycles. The van der Waals surface area contributed by atoms with Gasteiger partial charge in [-0.3, -0.25) is 0 Å². The fourth-order valence-electron chi connectivity index (χ4n) is 1.91. The zero-order valence-electron chi connectivity index (χ0n) is 11.7. The molecule has 2 rings (SSSR count). The van der Waals surface area contributed by atoms with Crippen LogP contribution in [0.4, 0.5) is 0 Å². The normalized spacial score (nSPS) is 12.2. The van der Waals surface area contributed by atoms with E-state index < -0.39 is 0 Å². The molecule has 1 atom stereocenters. The molecular weight excluding hydrogens is 484 g/mol. The summed E-state index contributed by atoms with van der Waals surface area (Å²) < 4.78 is 13.5. The topological polar surface area (TPSA) is 18.5 Å². The SMILES string of the molecule is CCOc1cc(Br)c(C(Br)c2sccc2Br)cc1OCC. The third-order valence-electron chi connectivity index (χ3n) is 2.81. The van der Waals surface area contributed by atoms with Crippen LogP contribution in [0.5, 0.6) is 11.5 Å². The number of halogens is 3. The molecule has 0 saturated carbocycles. The minimum absolute atomic E-state index is 0.0936. The van der Waals surface area contributed by atoms with E-state index in [-0.39, 0.29) is 4.83 Å². The molecule has 1 aromatic carbocycles. The Kier molecular flexibility index (Phi) is 6.59. The molecule has 0 spiro atoms. The summed E-state index contributed by atoms with van der Waals surface area (Å²) in [7, 11) is 0. The molecule has 0 fully saturated rings. The highest BCUT2D eigenvalue weighted by Gasteiger charge is 2.20. The van der Waals surface area contributed by atoms with E-state index in [1.807, 2.05) is 26.0 Å². The van der Waals surface area contributed by atoms with Crippen molar-refractivity contribution in [2.75, 3.05) is 13.2 Å². The van der Waals surface area contributed by atoms with Crippen LogP contribution >= 0.6 is 59.1 Å². The maximum Gasteiger partial charge on any atom is 0.162 e. The molecule has 0 aliphatic carbocycles. The molecule has 0 N–H and O–H groups in total. The molecule has 1 unspecified atom stereocenters. The Morgan fingerprint density at radius 1 is 1.05 bits per heavy atom. The molecule has 2 aromatic rings. The van der Waals surface area contributed by atoms with Crippen LogP contribution in [0, 0.1) is 0 Å². The number of hydrogen-bond acceptors (Lipinski definition) is 3. The maximum atomic E-state index is 5.71. The molecular formula is C15H15Br3O2S. The minimum atomic E-state index is 0.0936. The summed E-state index contributed by atoms with van der Waals surface area (Å²) in [5.74, 6) is 1.54. The molecule has 0 amide bonds. The highest BCUT2D eigenvalue weighted by atomic mass is 79.9. The van der Waals surface area contributed by atoms with Crippen LogP contribution in [-0.2, 0) is 0 Å². The van der Waals surface area contributed by atoms with E-state index in [9.17, 15) is 0 Å². The Labute approximate surface area is 154 Å². The van der Waals surface area contributed by atoms with E-state index in [4.69, 9.17) is 9.47 Å². The zero-order valence-corrected chi connectivity index (χ0v) is 17.2. The molecule has 21 heavy (non-hydrogen) atoms. The van der Waals surface area contributed by atoms with Gasteiger partial charge in [0.25, 0.3) is 0 Å². The largest absolute Gasteiger partial charge is 0.490 e. The van der Waals surface area contributed by atoms with Gasteiger partial charge in [0, 0.05) is 13.8 Å². The average Bonchev–Trinajstić information content (AvgIpc) is 2.87. The number of hydrogen-bond donors (Lipinski definition) is 0. The third-order valence-corrected chi connectivity index (χ3v) is 6.69. The predicted octanol–water partition coefficient (Wildman–Crippen LogP) is 6.55. The highest BCUT2D eigenvalue weighted by molar-refractivity contribution is 9.11. The number of rotatable bonds is 6. The van der Waals surface area contributed by atoms with Crippen LogP contribution < -0.4 is 9.47 Å². The van der Waals surface area contributed by atoms with E-state index in [1.54, 1.807) is 11.3 Å². The highest BCUT2D eigenvalue weighted by Crippen LogP contribution is 2.45. The van der Waals surface area contributed by atoms with Gasteiger partial charge in [-0.2, -0.15) is 0 Å². The molecule has 1 heterocycles. The summed E-state index contributed by atoms with van der Waals surface area (Å²) in [4.78, 5) is 1.32. The van der Waals surface area contributed by atoms with E-state index in [1.165, 1.54) is 4.88 Å². The molecule has 0 bridgehead atoms. The fourth-order valence-corrected chi connectivity index (χ4v) is 5.62. The van der Waals surface area contributed by atoms with E-state index >= 15 is 0 Å². The summed E-state index contributed by atoms with van der Waals surface area (Å²) in [5, 5.41) is 2.07. The van der Waals surface area contributed by atoms with Crippen molar-refractivity contribution in [1.82, 2.24) is 0 Å². The number of benzene rings is 1. The molecule has 6 heteroatoms. The van der Waals surface area contributed by atoms with Crippen molar-refractivity contribution < 1.29 is 9.47 Å². The fraction of sp³-hybridized carbons (Fsp3) is 0.333. The van der Waals surface area contributed by atoms with Crippen molar-refractivity contribution in [3.8, 4) is 11.5 Å². The van der Waals surface area contributed by atoms with Crippen molar-refractivity contribution in [1.29, 1.82) is 0 Å². The van der Waals surface area contributed by atoms with Crippen molar-refractivity contribution >= 4 is 59.1 Å². The Morgan fingerprint density at radius 3 is 2.19 bits per heavy atom. The number of ether oxygens (including phenoxy) is 2. The average molecular weight is 499 g/mol. The number of thiophene rings is 1. The Morgan fingerprint density at radius 2 is 1.67 bits per heavy atom. The van der Waals surface area contributed by atoms with Crippen LogP contribution in [0.15, 0.2) is 32.5 Å². The number of alkyl halides is 1. The van der Waals surface area contributed by atoms with E-state index in [0.29, 0.717) is 13.2 Å². The van der Waals surface area contributed by atoms with Crippen LogP contribution in [0.1, 0.15) is 29.1 Å². The summed E-state index contributed by atoms with van der Waals surface area (Å²) in [6.07, 6.45) is 0. The maximum absolute atomic E-state index is 5.71. The Hall–Kier alpha value is -0.0400. The monoisotopic (exact) mass is 496 g/mol. The minimum Gasteiger partial charge on any atom is -0.490 e. The van der Waals surface area contributed by atoms with Gasteiger partial charge in [-0.25, -0.2) is 0 Å². The third kappa shape index (κ3) is 4.03. The van der Waals surface area contributed by atoms with E-state index in [2.05, 4.69) is 59.2 Å². The lowest BCUT2D eigenvalue weighted by atomic mass is 10.1. The van der Waals surface area contributed by atoms with Gasteiger partial charge in [0.1, 0.15) is 0 Å². The molecule has 0 aliphatic heterocycles. The van der Waals surface area contributed by atoms with Crippen molar-refractivity contribution in [3.05, 3.63) is 43.0 Å². The van der Waals surface area contributed by atoms with Gasteiger partial charge >= 0.3 is 0 Å². The Balaban J connectivity index is 2.44. The second kappa shape index (κ2) is 7.99. The standard InChI is InChI=1S/C15H15Br3O2S/c1-3-19-12-7-9(11(17)8-13(12)20-4-2)14(18)15-10(16)5-6-21-15/h5-8,14H,3-4H2,1-2H3. The van der Waals surface area contributed by atoms with Crippen molar-refractivity contribution in [2.45, 2.75) is 18.7 Å². The molecule has 0 saturated heterocycles. The summed E-state index contributed by atoms with van der Waals surface area (Å²) in [6, 6.07) is 6.06. The van der Waals surface area contributed by atoms with Gasteiger partial charge in [-0.1, -0.05) is 31.9 Å². The first-order valence-electron chi connectivity index (χ1n) is 6.54. The van der Waals surface area contributed by atoms with Crippen molar-refractivity contribution in [3.63, 3.8) is 0 Å². The molecule has 0 aliphatic rings. The zero-order chi connectivity index (χ0) is 15.4. The lowest BCUT2D eigenvalue weighted by Crippen LogP contribution is -2.01. The quantitative estimate of drug-likeness (QED) is 0.420. The lowest BCUT2D eigenvalue weighted by Gasteiger charge is -2.17.